The lowest BCUT2D eigenvalue weighted by Crippen LogP contribution is -2.35. The van der Waals surface area contributed by atoms with Crippen LogP contribution in [0.4, 0.5) is 18.9 Å². The van der Waals surface area contributed by atoms with Gasteiger partial charge in [0.1, 0.15) is 5.82 Å². The second-order valence-electron chi connectivity index (χ2n) is 4.09. The first kappa shape index (κ1) is 15.7. The molecule has 1 aliphatic heterocycles. The van der Waals surface area contributed by atoms with Gasteiger partial charge in [-0.15, -0.1) is 12.4 Å². The molecule has 2 atom stereocenters. The number of hydrogen-bond acceptors (Lipinski definition) is 3. The Morgan fingerprint density at radius 1 is 1.26 bits per heavy atom. The van der Waals surface area contributed by atoms with E-state index in [4.69, 9.17) is 0 Å². The van der Waals surface area contributed by atoms with E-state index in [9.17, 15) is 23.1 Å². The number of β-amino-alcohol motifs (C(OH)–C–C–N with tert-alkyl or cyclic N) is 1. The maximum Gasteiger partial charge on any atom is 0.241 e. The summed E-state index contributed by atoms with van der Waals surface area (Å²) in [7, 11) is 0. The van der Waals surface area contributed by atoms with Gasteiger partial charge in [-0.05, 0) is 6.42 Å². The van der Waals surface area contributed by atoms with E-state index in [0.717, 1.165) is 0 Å². The molecule has 8 heteroatoms. The van der Waals surface area contributed by atoms with E-state index in [1.165, 1.54) is 0 Å². The van der Waals surface area contributed by atoms with Crippen molar-refractivity contribution in [3.63, 3.8) is 0 Å². The molecule has 1 amide bonds. The second-order valence-corrected chi connectivity index (χ2v) is 4.09. The standard InChI is InChI=1S/C11H11F3N2O2.ClH/c12-6-2-8(14)9(3-7(6)13)16-11(18)10-1-5(17)4-15-10;/h2-3,5,10,15,17H,1,4H2,(H,16,18);1H. The van der Waals surface area contributed by atoms with Crippen LogP contribution < -0.4 is 10.6 Å². The van der Waals surface area contributed by atoms with Crippen LogP contribution in [0.3, 0.4) is 0 Å². The Morgan fingerprint density at radius 3 is 2.47 bits per heavy atom. The van der Waals surface area contributed by atoms with Gasteiger partial charge >= 0.3 is 0 Å². The Morgan fingerprint density at radius 2 is 1.89 bits per heavy atom. The van der Waals surface area contributed by atoms with Crippen molar-refractivity contribution >= 4 is 24.0 Å². The molecule has 0 aliphatic carbocycles. The second kappa shape index (κ2) is 6.23. The molecule has 4 nitrogen and oxygen atoms in total. The van der Waals surface area contributed by atoms with Crippen LogP contribution in [0.15, 0.2) is 12.1 Å². The number of carbonyl (C=O) groups excluding carboxylic acids is 1. The minimum atomic E-state index is -1.32. The van der Waals surface area contributed by atoms with Crippen LogP contribution in [0.5, 0.6) is 0 Å². The third-order valence-electron chi connectivity index (χ3n) is 2.69. The molecule has 0 radical (unpaired) electrons. The molecule has 0 aromatic heterocycles. The molecule has 1 aromatic carbocycles. The van der Waals surface area contributed by atoms with Gasteiger partial charge in [0.25, 0.3) is 0 Å². The molecule has 1 aromatic rings. The molecule has 0 spiro atoms. The molecule has 1 heterocycles. The van der Waals surface area contributed by atoms with Gasteiger partial charge in [-0.2, -0.15) is 0 Å². The topological polar surface area (TPSA) is 61.4 Å². The normalized spacial score (nSPS) is 21.9. The SMILES string of the molecule is Cl.O=C(Nc1cc(F)c(F)cc1F)C1CC(O)CN1. The summed E-state index contributed by atoms with van der Waals surface area (Å²) < 4.78 is 38.8. The summed E-state index contributed by atoms with van der Waals surface area (Å²) in [4.78, 5) is 11.6. The number of nitrogens with one attached hydrogen (secondary N) is 2. The first-order valence-electron chi connectivity index (χ1n) is 5.34. The fraction of sp³-hybridized carbons (Fsp3) is 0.364. The van der Waals surface area contributed by atoms with Gasteiger partial charge in [-0.1, -0.05) is 0 Å². The molecule has 1 saturated heterocycles. The summed E-state index contributed by atoms with van der Waals surface area (Å²) in [6.45, 7) is 0.262. The summed E-state index contributed by atoms with van der Waals surface area (Å²) in [6.07, 6.45) is -0.451. The molecule has 19 heavy (non-hydrogen) atoms. The number of aliphatic hydroxyl groups is 1. The summed E-state index contributed by atoms with van der Waals surface area (Å²) in [5.41, 5.74) is -0.429. The van der Waals surface area contributed by atoms with E-state index in [1.807, 2.05) is 0 Å². The van der Waals surface area contributed by atoms with Crippen molar-refractivity contribution in [1.82, 2.24) is 5.32 Å². The lowest BCUT2D eigenvalue weighted by atomic mass is 10.2. The van der Waals surface area contributed by atoms with Crippen LogP contribution in [-0.2, 0) is 4.79 Å². The van der Waals surface area contributed by atoms with Crippen molar-refractivity contribution in [3.05, 3.63) is 29.6 Å². The van der Waals surface area contributed by atoms with E-state index in [-0.39, 0.29) is 25.4 Å². The van der Waals surface area contributed by atoms with Crippen molar-refractivity contribution < 1.29 is 23.1 Å². The van der Waals surface area contributed by atoms with E-state index < -0.39 is 41.2 Å². The molecule has 3 N–H and O–H groups in total. The Kier molecular flexibility index (Phi) is 5.16. The molecule has 0 bridgehead atoms. The molecule has 1 fully saturated rings. The third kappa shape index (κ3) is 3.59. The number of anilines is 1. The number of hydrogen-bond donors (Lipinski definition) is 3. The van der Waals surface area contributed by atoms with Gasteiger partial charge in [0.05, 0.1) is 17.8 Å². The number of halogens is 4. The molecular weight excluding hydrogens is 285 g/mol. The van der Waals surface area contributed by atoms with E-state index in [2.05, 4.69) is 10.6 Å². The maximum absolute atomic E-state index is 13.3. The Balaban J connectivity index is 0.00000180. The predicted molar refractivity (Wildman–Crippen MR) is 64.6 cm³/mol. The Labute approximate surface area is 113 Å². The zero-order valence-corrected chi connectivity index (χ0v) is 10.4. The van der Waals surface area contributed by atoms with Crippen molar-refractivity contribution in [1.29, 1.82) is 0 Å². The highest BCUT2D eigenvalue weighted by molar-refractivity contribution is 5.95. The molecular formula is C11H12ClF3N2O2. The van der Waals surface area contributed by atoms with E-state index in [1.54, 1.807) is 0 Å². The van der Waals surface area contributed by atoms with Crippen LogP contribution in [0, 0.1) is 17.5 Å². The summed E-state index contributed by atoms with van der Waals surface area (Å²) in [5.74, 6) is -4.22. The maximum atomic E-state index is 13.3. The minimum Gasteiger partial charge on any atom is -0.392 e. The Hall–Kier alpha value is -1.31. The van der Waals surface area contributed by atoms with Gasteiger partial charge in [0, 0.05) is 18.7 Å². The molecule has 2 rings (SSSR count). The van der Waals surface area contributed by atoms with Crippen molar-refractivity contribution in [2.45, 2.75) is 18.6 Å². The average molecular weight is 297 g/mol. The monoisotopic (exact) mass is 296 g/mol. The average Bonchev–Trinajstić information content (AvgIpc) is 2.73. The fourth-order valence-corrected chi connectivity index (χ4v) is 1.75. The van der Waals surface area contributed by atoms with Crippen molar-refractivity contribution in [2.24, 2.45) is 0 Å². The lowest BCUT2D eigenvalue weighted by molar-refractivity contribution is -0.118. The van der Waals surface area contributed by atoms with E-state index >= 15 is 0 Å². The quantitative estimate of drug-likeness (QED) is 0.719. The van der Waals surface area contributed by atoms with E-state index in [0.29, 0.717) is 12.1 Å². The number of rotatable bonds is 2. The summed E-state index contributed by atoms with van der Waals surface area (Å²) >= 11 is 0. The number of carbonyl (C=O) groups is 1. The van der Waals surface area contributed by atoms with Crippen LogP contribution in [0.2, 0.25) is 0 Å². The highest BCUT2D eigenvalue weighted by Crippen LogP contribution is 2.19. The third-order valence-corrected chi connectivity index (χ3v) is 2.69. The number of aliphatic hydroxyl groups excluding tert-OH is 1. The van der Waals surface area contributed by atoms with Gasteiger partial charge in [0.15, 0.2) is 11.6 Å². The zero-order valence-electron chi connectivity index (χ0n) is 9.62. The first-order valence-corrected chi connectivity index (χ1v) is 5.34. The molecule has 2 unspecified atom stereocenters. The van der Waals surface area contributed by atoms with Gasteiger partial charge in [-0.25, -0.2) is 13.2 Å². The predicted octanol–water partition coefficient (Wildman–Crippen LogP) is 1.19. The lowest BCUT2D eigenvalue weighted by Gasteiger charge is -2.11. The van der Waals surface area contributed by atoms with Crippen LogP contribution in [-0.4, -0.2) is 29.7 Å². The van der Waals surface area contributed by atoms with Crippen LogP contribution in [0.1, 0.15) is 6.42 Å². The van der Waals surface area contributed by atoms with Crippen LogP contribution in [0.25, 0.3) is 0 Å². The van der Waals surface area contributed by atoms with Crippen LogP contribution >= 0.6 is 12.4 Å². The Bertz CT molecular complexity index is 487. The molecule has 106 valence electrons. The van der Waals surface area contributed by atoms with Crippen molar-refractivity contribution in [3.8, 4) is 0 Å². The van der Waals surface area contributed by atoms with Crippen molar-refractivity contribution in [2.75, 3.05) is 11.9 Å². The van der Waals surface area contributed by atoms with Gasteiger partial charge < -0.3 is 15.7 Å². The minimum absolute atomic E-state index is 0. The molecule has 0 saturated carbocycles. The summed E-state index contributed by atoms with van der Waals surface area (Å²) in [5, 5.41) is 14.1. The fourth-order valence-electron chi connectivity index (χ4n) is 1.75. The molecule has 1 aliphatic rings. The highest BCUT2D eigenvalue weighted by Gasteiger charge is 2.28. The highest BCUT2D eigenvalue weighted by atomic mass is 35.5. The zero-order chi connectivity index (χ0) is 13.3. The van der Waals surface area contributed by atoms with Gasteiger partial charge in [0.2, 0.25) is 5.91 Å². The largest absolute Gasteiger partial charge is 0.392 e. The smallest absolute Gasteiger partial charge is 0.241 e. The number of amides is 1. The number of benzene rings is 1. The van der Waals surface area contributed by atoms with Gasteiger partial charge in [-0.3, -0.25) is 4.79 Å². The first-order chi connectivity index (χ1) is 8.47. The summed E-state index contributed by atoms with van der Waals surface area (Å²) in [6, 6.07) is 0.267.